The van der Waals surface area contributed by atoms with Crippen molar-refractivity contribution >= 4 is 23.3 Å². The first kappa shape index (κ1) is 24.9. The molecular weight excluding hydrogens is 449 g/mol. The van der Waals surface area contributed by atoms with E-state index in [0.717, 1.165) is 5.69 Å². The molecule has 2 heterocycles. The predicted octanol–water partition coefficient (Wildman–Crippen LogP) is 2.91. The molecule has 4 rings (SSSR count). The molecule has 8 nitrogen and oxygen atoms in total. The van der Waals surface area contributed by atoms with E-state index in [1.807, 2.05) is 60.0 Å². The zero-order chi connectivity index (χ0) is 24.8. The quantitative estimate of drug-likeness (QED) is 0.661. The van der Waals surface area contributed by atoms with Crippen LogP contribution in [0.3, 0.4) is 0 Å². The van der Waals surface area contributed by atoms with Crippen LogP contribution in [0, 0.1) is 5.82 Å². The lowest BCUT2D eigenvalue weighted by Gasteiger charge is -2.37. The number of halogens is 1. The van der Waals surface area contributed by atoms with Crippen molar-refractivity contribution in [3.63, 3.8) is 0 Å². The third kappa shape index (κ3) is 6.93. The van der Waals surface area contributed by atoms with Gasteiger partial charge in [-0.05, 0) is 43.7 Å². The minimum absolute atomic E-state index is 0.0517. The van der Waals surface area contributed by atoms with Gasteiger partial charge in [0.25, 0.3) is 0 Å². The molecule has 2 fully saturated rings. The first-order chi connectivity index (χ1) is 16.9. The molecule has 2 unspecified atom stereocenters. The van der Waals surface area contributed by atoms with E-state index in [-0.39, 0.29) is 43.1 Å². The number of anilines is 2. The van der Waals surface area contributed by atoms with Gasteiger partial charge >= 0.3 is 6.03 Å². The van der Waals surface area contributed by atoms with Gasteiger partial charge in [0.15, 0.2) is 0 Å². The fourth-order valence-corrected chi connectivity index (χ4v) is 4.62. The highest BCUT2D eigenvalue weighted by Crippen LogP contribution is 2.24. The average molecular weight is 484 g/mol. The van der Waals surface area contributed by atoms with E-state index in [2.05, 4.69) is 10.6 Å². The molecule has 2 atom stereocenters. The Hall–Kier alpha value is -3.17. The topological polar surface area (TPSA) is 77.2 Å². The summed E-state index contributed by atoms with van der Waals surface area (Å²) in [4.78, 5) is 30.6. The van der Waals surface area contributed by atoms with Gasteiger partial charge in [0.05, 0.1) is 24.4 Å². The van der Waals surface area contributed by atoms with Gasteiger partial charge in [-0.1, -0.05) is 24.3 Å². The number of nitrogens with one attached hydrogen (secondary N) is 2. The Labute approximate surface area is 206 Å². The van der Waals surface area contributed by atoms with Crippen molar-refractivity contribution in [2.75, 3.05) is 56.0 Å². The standard InChI is InChI=1S/C26H34FN5O3/c1-19-16-32(17-20(2)35-19)24-9-8-21(14-23(24)27)15-28-26(34)31-12-10-30(11-13-31)18-25(33)29-22-6-4-3-5-7-22/h3-9,14,19-20H,10-13,15-18H2,1-2H3,(H,28,34)(H,29,33). The summed E-state index contributed by atoms with van der Waals surface area (Å²) in [7, 11) is 0. The third-order valence-electron chi connectivity index (χ3n) is 6.30. The van der Waals surface area contributed by atoms with Gasteiger partial charge in [-0.15, -0.1) is 0 Å². The lowest BCUT2D eigenvalue weighted by molar-refractivity contribution is -0.117. The molecule has 2 aromatic carbocycles. The molecule has 188 valence electrons. The first-order valence-corrected chi connectivity index (χ1v) is 12.2. The van der Waals surface area contributed by atoms with Crippen molar-refractivity contribution in [3.8, 4) is 0 Å². The number of nitrogens with zero attached hydrogens (tertiary/aromatic N) is 3. The number of morpholine rings is 1. The van der Waals surface area contributed by atoms with E-state index < -0.39 is 0 Å². The number of piperazine rings is 1. The van der Waals surface area contributed by atoms with E-state index >= 15 is 0 Å². The van der Waals surface area contributed by atoms with Gasteiger partial charge < -0.3 is 25.2 Å². The van der Waals surface area contributed by atoms with E-state index in [0.29, 0.717) is 50.5 Å². The van der Waals surface area contributed by atoms with Crippen molar-refractivity contribution < 1.29 is 18.7 Å². The maximum Gasteiger partial charge on any atom is 0.317 e. The minimum atomic E-state index is -0.291. The number of urea groups is 1. The summed E-state index contributed by atoms with van der Waals surface area (Å²) in [6.07, 6.45) is 0.103. The molecule has 2 saturated heterocycles. The summed E-state index contributed by atoms with van der Waals surface area (Å²) >= 11 is 0. The Balaban J connectivity index is 1.21. The second-order valence-corrected chi connectivity index (χ2v) is 9.28. The molecular formula is C26H34FN5O3. The zero-order valence-corrected chi connectivity index (χ0v) is 20.4. The fourth-order valence-electron chi connectivity index (χ4n) is 4.62. The maximum absolute atomic E-state index is 14.8. The maximum atomic E-state index is 14.8. The second-order valence-electron chi connectivity index (χ2n) is 9.28. The minimum Gasteiger partial charge on any atom is -0.372 e. The van der Waals surface area contributed by atoms with Gasteiger partial charge in [0.1, 0.15) is 5.82 Å². The highest BCUT2D eigenvalue weighted by atomic mass is 19.1. The number of carbonyl (C=O) groups excluding carboxylic acids is 2. The Morgan fingerprint density at radius 3 is 2.34 bits per heavy atom. The molecule has 2 N–H and O–H groups in total. The number of carbonyl (C=O) groups is 2. The number of hydrogen-bond donors (Lipinski definition) is 2. The highest BCUT2D eigenvalue weighted by molar-refractivity contribution is 5.92. The Morgan fingerprint density at radius 1 is 1.00 bits per heavy atom. The Morgan fingerprint density at radius 2 is 1.69 bits per heavy atom. The molecule has 2 aliphatic rings. The van der Waals surface area contributed by atoms with Crippen LogP contribution in [0.25, 0.3) is 0 Å². The van der Waals surface area contributed by atoms with Gasteiger partial charge in [-0.2, -0.15) is 0 Å². The summed E-state index contributed by atoms with van der Waals surface area (Å²) < 4.78 is 20.5. The molecule has 0 aliphatic carbocycles. The molecule has 0 bridgehead atoms. The summed E-state index contributed by atoms with van der Waals surface area (Å²) in [5, 5.41) is 5.77. The normalized spacial score (nSPS) is 21.0. The molecule has 0 aromatic heterocycles. The number of amides is 3. The predicted molar refractivity (Wildman–Crippen MR) is 134 cm³/mol. The largest absolute Gasteiger partial charge is 0.372 e. The number of benzene rings is 2. The van der Waals surface area contributed by atoms with Crippen LogP contribution in [-0.4, -0.2) is 79.8 Å². The molecule has 0 spiro atoms. The molecule has 2 aromatic rings. The third-order valence-corrected chi connectivity index (χ3v) is 6.30. The van der Waals surface area contributed by atoms with Crippen molar-refractivity contribution in [2.45, 2.75) is 32.6 Å². The lowest BCUT2D eigenvalue weighted by Crippen LogP contribution is -2.52. The fraction of sp³-hybridized carbons (Fsp3) is 0.462. The van der Waals surface area contributed by atoms with E-state index in [1.165, 1.54) is 6.07 Å². The van der Waals surface area contributed by atoms with Crippen LogP contribution in [0.1, 0.15) is 19.4 Å². The van der Waals surface area contributed by atoms with Gasteiger partial charge in [-0.3, -0.25) is 9.69 Å². The lowest BCUT2D eigenvalue weighted by atomic mass is 10.1. The zero-order valence-electron chi connectivity index (χ0n) is 20.4. The van der Waals surface area contributed by atoms with Crippen LogP contribution in [0.4, 0.5) is 20.6 Å². The smallest absolute Gasteiger partial charge is 0.317 e. The van der Waals surface area contributed by atoms with Gasteiger partial charge in [0.2, 0.25) is 5.91 Å². The molecule has 0 saturated carbocycles. The van der Waals surface area contributed by atoms with Crippen LogP contribution < -0.4 is 15.5 Å². The molecule has 2 aliphatic heterocycles. The summed E-state index contributed by atoms with van der Waals surface area (Å²) in [6.45, 7) is 8.13. The second kappa shape index (κ2) is 11.5. The molecule has 0 radical (unpaired) electrons. The number of hydrogen-bond acceptors (Lipinski definition) is 5. The Bertz CT molecular complexity index is 1000. The van der Waals surface area contributed by atoms with Crippen LogP contribution in [0.5, 0.6) is 0 Å². The van der Waals surface area contributed by atoms with Crippen molar-refractivity contribution in [1.82, 2.24) is 15.1 Å². The van der Waals surface area contributed by atoms with Crippen LogP contribution in [-0.2, 0) is 16.1 Å². The summed E-state index contributed by atoms with van der Waals surface area (Å²) in [5.41, 5.74) is 2.05. The molecule has 3 amide bonds. The van der Waals surface area contributed by atoms with Crippen molar-refractivity contribution in [3.05, 3.63) is 59.9 Å². The van der Waals surface area contributed by atoms with Crippen LogP contribution >= 0.6 is 0 Å². The van der Waals surface area contributed by atoms with Gasteiger partial charge in [-0.25, -0.2) is 9.18 Å². The van der Waals surface area contributed by atoms with Crippen molar-refractivity contribution in [1.29, 1.82) is 0 Å². The van der Waals surface area contributed by atoms with Gasteiger partial charge in [0, 0.05) is 51.5 Å². The van der Waals surface area contributed by atoms with E-state index in [1.54, 1.807) is 11.0 Å². The van der Waals surface area contributed by atoms with E-state index in [4.69, 9.17) is 4.74 Å². The Kier molecular flexibility index (Phi) is 8.20. The summed E-state index contributed by atoms with van der Waals surface area (Å²) in [5.74, 6) is -0.360. The number of para-hydroxylation sites is 1. The number of rotatable bonds is 6. The average Bonchev–Trinajstić information content (AvgIpc) is 2.83. The SMILES string of the molecule is CC1CN(c2ccc(CNC(=O)N3CCN(CC(=O)Nc4ccccc4)CC3)cc2F)CC(C)O1. The van der Waals surface area contributed by atoms with E-state index in [9.17, 15) is 14.0 Å². The molecule has 9 heteroatoms. The highest BCUT2D eigenvalue weighted by Gasteiger charge is 2.25. The molecule has 35 heavy (non-hydrogen) atoms. The van der Waals surface area contributed by atoms with Crippen LogP contribution in [0.2, 0.25) is 0 Å². The van der Waals surface area contributed by atoms with Crippen LogP contribution in [0.15, 0.2) is 48.5 Å². The summed E-state index contributed by atoms with van der Waals surface area (Å²) in [6, 6.07) is 14.3. The monoisotopic (exact) mass is 483 g/mol. The van der Waals surface area contributed by atoms with Crippen molar-refractivity contribution in [2.24, 2.45) is 0 Å². The first-order valence-electron chi connectivity index (χ1n) is 12.2. The number of ether oxygens (including phenoxy) is 1.